The van der Waals surface area contributed by atoms with Crippen LogP contribution in [0.3, 0.4) is 0 Å². The largest absolute Gasteiger partial charge is 0.456 e. The van der Waals surface area contributed by atoms with Crippen molar-refractivity contribution in [2.45, 2.75) is 12.3 Å². The maximum Gasteiger partial charge on any atom is 0.136 e. The minimum Gasteiger partial charge on any atom is -0.456 e. The molecule has 0 aliphatic carbocycles. The molecule has 2 unspecified atom stereocenters. The zero-order valence-electron chi connectivity index (χ0n) is 30.2. The van der Waals surface area contributed by atoms with Gasteiger partial charge >= 0.3 is 0 Å². The zero-order valence-corrected chi connectivity index (χ0v) is 30.2. The summed E-state index contributed by atoms with van der Waals surface area (Å²) >= 11 is 0. The number of furan rings is 2. The van der Waals surface area contributed by atoms with E-state index in [9.17, 15) is 0 Å². The predicted octanol–water partition coefficient (Wildman–Crippen LogP) is 12.9. The third-order valence-corrected chi connectivity index (χ3v) is 11.5. The number of aliphatic imine (C=N–C) groups is 1. The van der Waals surface area contributed by atoms with Crippen LogP contribution in [0.2, 0.25) is 0 Å². The first-order chi connectivity index (χ1) is 27.7. The lowest BCUT2D eigenvalue weighted by molar-refractivity contribution is 0.411. The van der Waals surface area contributed by atoms with Crippen molar-refractivity contribution in [1.29, 1.82) is 0 Å². The van der Waals surface area contributed by atoms with Crippen molar-refractivity contribution in [2.75, 3.05) is 0 Å². The molecule has 5 heteroatoms. The fourth-order valence-electron chi connectivity index (χ4n) is 8.75. The molecule has 1 aliphatic rings. The van der Waals surface area contributed by atoms with Crippen LogP contribution in [0, 0.1) is 0 Å². The van der Waals surface area contributed by atoms with Crippen LogP contribution in [-0.4, -0.2) is 5.84 Å². The first-order valence-electron chi connectivity index (χ1n) is 19.1. The first kappa shape index (κ1) is 31.2. The molecule has 2 N–H and O–H groups in total. The molecular weight excluding hydrogens is 687 g/mol. The van der Waals surface area contributed by atoms with Crippen molar-refractivity contribution in [3.63, 3.8) is 0 Å². The van der Waals surface area contributed by atoms with Crippen molar-refractivity contribution in [3.8, 4) is 11.1 Å². The molecule has 11 aromatic rings. The SMILES string of the molecule is c1ccc2cc(C3=NC(c4cccc5oc6ccc(-c7ccc8oc9ccc%10ccccc%10c9c8c7)cc6c45)NC(c4ccc5ccccc5c4)N3)ccc2c1. The number of amidine groups is 1. The minimum absolute atomic E-state index is 0.194. The Morgan fingerprint density at radius 2 is 1.00 bits per heavy atom. The number of benzene rings is 9. The molecule has 56 heavy (non-hydrogen) atoms. The van der Waals surface area contributed by atoms with E-state index in [1.165, 1.54) is 32.3 Å². The molecule has 2 aromatic heterocycles. The highest BCUT2D eigenvalue weighted by atomic mass is 16.3. The van der Waals surface area contributed by atoms with Gasteiger partial charge in [-0.25, -0.2) is 4.99 Å². The third-order valence-electron chi connectivity index (χ3n) is 11.5. The fourth-order valence-corrected chi connectivity index (χ4v) is 8.75. The summed E-state index contributed by atoms with van der Waals surface area (Å²) in [6.45, 7) is 0. The van der Waals surface area contributed by atoms with E-state index in [2.05, 4.69) is 187 Å². The Morgan fingerprint density at radius 3 is 1.77 bits per heavy atom. The Labute approximate surface area is 321 Å². The average molecular weight is 720 g/mol. The average Bonchev–Trinajstić information content (AvgIpc) is 3.84. The van der Waals surface area contributed by atoms with Gasteiger partial charge in [-0.05, 0) is 97.5 Å². The van der Waals surface area contributed by atoms with Gasteiger partial charge in [0.1, 0.15) is 40.5 Å². The van der Waals surface area contributed by atoms with Gasteiger partial charge in [-0.3, -0.25) is 5.32 Å². The summed E-state index contributed by atoms with van der Waals surface area (Å²) in [7, 11) is 0. The minimum atomic E-state index is -0.357. The van der Waals surface area contributed by atoms with Crippen LogP contribution in [0.5, 0.6) is 0 Å². The number of hydrogen-bond donors (Lipinski definition) is 2. The molecule has 0 saturated carbocycles. The third kappa shape index (κ3) is 4.95. The second kappa shape index (κ2) is 12.2. The van der Waals surface area contributed by atoms with E-state index in [-0.39, 0.29) is 12.3 Å². The highest BCUT2D eigenvalue weighted by Gasteiger charge is 2.28. The Bertz CT molecular complexity index is 3410. The second-order valence-electron chi connectivity index (χ2n) is 14.8. The van der Waals surface area contributed by atoms with Crippen molar-refractivity contribution < 1.29 is 8.83 Å². The zero-order chi connectivity index (χ0) is 36.7. The summed E-state index contributed by atoms with van der Waals surface area (Å²) in [5.74, 6) is 0.844. The van der Waals surface area contributed by atoms with E-state index in [0.29, 0.717) is 0 Å². The normalized spacial score (nSPS) is 16.0. The van der Waals surface area contributed by atoms with Crippen molar-refractivity contribution in [1.82, 2.24) is 10.6 Å². The number of rotatable bonds is 4. The Balaban J connectivity index is 1.01. The number of fused-ring (bicyclic) bond motifs is 10. The molecule has 0 spiro atoms. The smallest absolute Gasteiger partial charge is 0.136 e. The molecule has 9 aromatic carbocycles. The molecule has 0 saturated heterocycles. The Morgan fingerprint density at radius 1 is 0.411 bits per heavy atom. The van der Waals surface area contributed by atoms with Gasteiger partial charge in [-0.1, -0.05) is 127 Å². The lowest BCUT2D eigenvalue weighted by Crippen LogP contribution is -2.45. The maximum absolute atomic E-state index is 6.55. The van der Waals surface area contributed by atoms with Gasteiger partial charge in [0, 0.05) is 32.7 Å². The summed E-state index contributed by atoms with van der Waals surface area (Å²) in [6.07, 6.45) is -0.551. The molecule has 1 aliphatic heterocycles. The van der Waals surface area contributed by atoms with E-state index < -0.39 is 0 Å². The number of nitrogens with zero attached hydrogens (tertiary/aromatic N) is 1. The van der Waals surface area contributed by atoms with Crippen LogP contribution < -0.4 is 10.6 Å². The van der Waals surface area contributed by atoms with Crippen LogP contribution in [0.1, 0.15) is 29.0 Å². The van der Waals surface area contributed by atoms with Gasteiger partial charge < -0.3 is 14.2 Å². The molecular formula is C51H33N3O2. The summed E-state index contributed by atoms with van der Waals surface area (Å²) < 4.78 is 12.9. The predicted molar refractivity (Wildman–Crippen MR) is 230 cm³/mol. The molecule has 0 radical (unpaired) electrons. The highest BCUT2D eigenvalue weighted by Crippen LogP contribution is 2.41. The van der Waals surface area contributed by atoms with Gasteiger partial charge in [0.15, 0.2) is 0 Å². The van der Waals surface area contributed by atoms with Gasteiger partial charge in [0.05, 0.1) is 0 Å². The highest BCUT2D eigenvalue weighted by molar-refractivity contribution is 6.19. The Kier molecular flexibility index (Phi) is 6.76. The van der Waals surface area contributed by atoms with Gasteiger partial charge in [0.25, 0.3) is 0 Å². The summed E-state index contributed by atoms with van der Waals surface area (Å²) in [4.78, 5) is 5.41. The van der Waals surface area contributed by atoms with E-state index in [1.807, 2.05) is 0 Å². The summed E-state index contributed by atoms with van der Waals surface area (Å²) in [6, 6.07) is 62.3. The van der Waals surface area contributed by atoms with E-state index >= 15 is 0 Å². The monoisotopic (exact) mass is 719 g/mol. The molecule has 0 fully saturated rings. The van der Waals surface area contributed by atoms with Crippen molar-refractivity contribution in [3.05, 3.63) is 193 Å². The Hall–Kier alpha value is -7.21. The number of hydrogen-bond acceptors (Lipinski definition) is 5. The lowest BCUT2D eigenvalue weighted by atomic mass is 9.97. The molecule has 0 amide bonds. The standard InChI is InChI=1S/C51H33N3O2/c1-3-11-33-26-37(18-16-30(33)8-1)49-52-50(38-19-17-31-9-2-4-12-34(31)27-38)54-51(53-49)40-14-7-15-45-48(40)42-29-36(22-24-44(42)55-45)35-21-23-43-41(28-35)47-39-13-6-5-10-32(39)20-25-46(47)56-43/h1-29,49,51,53H,(H,52,54). The summed E-state index contributed by atoms with van der Waals surface area (Å²) in [5.41, 5.74) is 8.94. The van der Waals surface area contributed by atoms with Gasteiger partial charge in [-0.2, -0.15) is 0 Å². The second-order valence-corrected chi connectivity index (χ2v) is 14.8. The topological polar surface area (TPSA) is 62.7 Å². The molecule has 3 heterocycles. The molecule has 0 bridgehead atoms. The molecule has 12 rings (SSSR count). The number of nitrogens with one attached hydrogen (secondary N) is 2. The van der Waals surface area contributed by atoms with E-state index in [4.69, 9.17) is 13.8 Å². The quantitative estimate of drug-likeness (QED) is 0.190. The molecule has 5 nitrogen and oxygen atoms in total. The summed E-state index contributed by atoms with van der Waals surface area (Å²) in [5, 5.41) is 19.2. The molecule has 2 atom stereocenters. The van der Waals surface area contributed by atoms with Crippen molar-refractivity contribution >= 4 is 82.0 Å². The van der Waals surface area contributed by atoms with E-state index in [0.717, 1.165) is 77.5 Å². The first-order valence-corrected chi connectivity index (χ1v) is 19.1. The maximum atomic E-state index is 6.55. The van der Waals surface area contributed by atoms with Crippen LogP contribution in [-0.2, 0) is 0 Å². The van der Waals surface area contributed by atoms with Gasteiger partial charge in [0.2, 0.25) is 0 Å². The lowest BCUT2D eigenvalue weighted by Gasteiger charge is -2.32. The molecule has 264 valence electrons. The van der Waals surface area contributed by atoms with E-state index in [1.54, 1.807) is 0 Å². The van der Waals surface area contributed by atoms with Gasteiger partial charge in [-0.15, -0.1) is 0 Å². The van der Waals surface area contributed by atoms with Crippen molar-refractivity contribution in [2.24, 2.45) is 4.99 Å². The van der Waals surface area contributed by atoms with Crippen LogP contribution in [0.25, 0.3) is 87.3 Å². The van der Waals surface area contributed by atoms with Crippen LogP contribution in [0.4, 0.5) is 0 Å². The van der Waals surface area contributed by atoms with Crippen LogP contribution in [0.15, 0.2) is 190 Å². The van der Waals surface area contributed by atoms with Crippen LogP contribution >= 0.6 is 0 Å². The fraction of sp³-hybridized carbons (Fsp3) is 0.0392.